The number of carbonyl (C=O) groups is 6. The van der Waals surface area contributed by atoms with Gasteiger partial charge in [0.1, 0.15) is 17.2 Å². The predicted molar refractivity (Wildman–Crippen MR) is 164 cm³/mol. The lowest BCUT2D eigenvalue weighted by atomic mass is 9.99. The highest BCUT2D eigenvalue weighted by molar-refractivity contribution is 6.10. The minimum absolute atomic E-state index is 0.0522. The molecule has 0 saturated carbocycles. The Labute approximate surface area is 258 Å². The van der Waals surface area contributed by atoms with Gasteiger partial charge in [-0.05, 0) is 66.2 Å². The van der Waals surface area contributed by atoms with Gasteiger partial charge in [-0.15, -0.1) is 0 Å². The maximum Gasteiger partial charge on any atom is 0.308 e. The van der Waals surface area contributed by atoms with Gasteiger partial charge >= 0.3 is 17.9 Å². The molecule has 0 aliphatic rings. The van der Waals surface area contributed by atoms with E-state index in [1.165, 1.54) is 63.2 Å². The van der Waals surface area contributed by atoms with Crippen molar-refractivity contribution < 1.29 is 43.0 Å². The molecule has 0 bridgehead atoms. The molecule has 0 aliphatic carbocycles. The van der Waals surface area contributed by atoms with Gasteiger partial charge in [0.15, 0.2) is 5.78 Å². The summed E-state index contributed by atoms with van der Waals surface area (Å²) in [4.78, 5) is 73.9. The largest absolute Gasteiger partial charge is 0.427 e. The third-order valence-electron chi connectivity index (χ3n) is 6.01. The topological polar surface area (TPSA) is 154 Å². The third-order valence-corrected chi connectivity index (χ3v) is 6.01. The number of ketones is 1. The Kier molecular flexibility index (Phi) is 10.2. The van der Waals surface area contributed by atoms with Crippen molar-refractivity contribution in [3.63, 3.8) is 0 Å². The summed E-state index contributed by atoms with van der Waals surface area (Å²) >= 11 is 0. The Balaban J connectivity index is 1.64. The van der Waals surface area contributed by atoms with E-state index in [4.69, 9.17) is 14.2 Å². The second-order valence-electron chi connectivity index (χ2n) is 9.79. The molecule has 4 aromatic rings. The normalized spacial score (nSPS) is 10.3. The maximum atomic E-state index is 13.4. The molecule has 11 nitrogen and oxygen atoms in total. The number of benzene rings is 4. The number of Topliss-reactive ketones (excluding diaryl/α,β-unsaturated/α-hetero) is 1. The number of nitrogens with one attached hydrogen (secondary N) is 2. The van der Waals surface area contributed by atoms with Gasteiger partial charge in [-0.2, -0.15) is 0 Å². The van der Waals surface area contributed by atoms with E-state index in [9.17, 15) is 28.8 Å². The van der Waals surface area contributed by atoms with E-state index in [1.54, 1.807) is 48.5 Å². The monoisotopic (exact) mass is 608 g/mol. The van der Waals surface area contributed by atoms with Crippen LogP contribution in [0.3, 0.4) is 0 Å². The van der Waals surface area contributed by atoms with E-state index in [0.29, 0.717) is 11.3 Å². The van der Waals surface area contributed by atoms with Crippen molar-refractivity contribution in [3.8, 4) is 17.2 Å². The third kappa shape index (κ3) is 9.45. The number of hydrogen-bond acceptors (Lipinski definition) is 9. The van der Waals surface area contributed by atoms with E-state index in [-0.39, 0.29) is 51.8 Å². The van der Waals surface area contributed by atoms with Gasteiger partial charge in [-0.3, -0.25) is 28.8 Å². The minimum atomic E-state index is -0.603. The summed E-state index contributed by atoms with van der Waals surface area (Å²) < 4.78 is 15.2. The number of rotatable bonds is 10. The first kappa shape index (κ1) is 31.8. The Morgan fingerprint density at radius 3 is 1.67 bits per heavy atom. The first-order valence-electron chi connectivity index (χ1n) is 13.6. The van der Waals surface area contributed by atoms with Crippen molar-refractivity contribution in [1.82, 2.24) is 0 Å². The number of hydrogen-bond donors (Lipinski definition) is 2. The van der Waals surface area contributed by atoms with Crippen LogP contribution in [0.2, 0.25) is 0 Å². The number of ether oxygens (including phenoxy) is 3. The average Bonchev–Trinajstić information content (AvgIpc) is 2.96. The smallest absolute Gasteiger partial charge is 0.308 e. The molecule has 4 rings (SSSR count). The molecule has 0 spiro atoms. The van der Waals surface area contributed by atoms with Crippen LogP contribution in [0.25, 0.3) is 0 Å². The van der Waals surface area contributed by atoms with Crippen LogP contribution in [0, 0.1) is 0 Å². The maximum absolute atomic E-state index is 13.4. The van der Waals surface area contributed by atoms with E-state index in [1.807, 2.05) is 0 Å². The van der Waals surface area contributed by atoms with Crippen molar-refractivity contribution in [2.24, 2.45) is 0 Å². The fourth-order valence-electron chi connectivity index (χ4n) is 4.24. The van der Waals surface area contributed by atoms with Crippen molar-refractivity contribution in [2.45, 2.75) is 27.2 Å². The lowest BCUT2D eigenvalue weighted by Crippen LogP contribution is -2.17. The second kappa shape index (κ2) is 14.4. The summed E-state index contributed by atoms with van der Waals surface area (Å²) in [6.45, 7) is 3.76. The van der Waals surface area contributed by atoms with Crippen LogP contribution in [0.15, 0.2) is 91.0 Å². The lowest BCUT2D eigenvalue weighted by Gasteiger charge is -2.13. The van der Waals surface area contributed by atoms with E-state index >= 15 is 0 Å². The predicted octanol–water partition coefficient (Wildman–Crippen LogP) is 5.39. The van der Waals surface area contributed by atoms with Crippen LogP contribution in [0.1, 0.15) is 57.4 Å². The minimum Gasteiger partial charge on any atom is -0.427 e. The first-order chi connectivity index (χ1) is 21.4. The van der Waals surface area contributed by atoms with E-state index < -0.39 is 29.7 Å². The van der Waals surface area contributed by atoms with Gasteiger partial charge in [-0.1, -0.05) is 24.3 Å². The molecular weight excluding hydrogens is 580 g/mol. The van der Waals surface area contributed by atoms with Crippen LogP contribution < -0.4 is 24.8 Å². The van der Waals surface area contributed by atoms with Gasteiger partial charge in [0, 0.05) is 61.3 Å². The Bertz CT molecular complexity index is 1720. The molecule has 0 heterocycles. The molecule has 4 aromatic carbocycles. The van der Waals surface area contributed by atoms with Crippen molar-refractivity contribution >= 4 is 46.9 Å². The van der Waals surface area contributed by atoms with Crippen LogP contribution in [0.4, 0.5) is 11.4 Å². The van der Waals surface area contributed by atoms with Gasteiger partial charge in [0.2, 0.25) is 0 Å². The zero-order chi connectivity index (χ0) is 32.5. The highest BCUT2D eigenvalue weighted by Crippen LogP contribution is 2.23. The molecule has 0 atom stereocenters. The summed E-state index contributed by atoms with van der Waals surface area (Å²) in [5.74, 6) is -2.47. The fourth-order valence-corrected chi connectivity index (χ4v) is 4.24. The molecule has 0 fully saturated rings. The highest BCUT2D eigenvalue weighted by Gasteiger charge is 2.17. The number of anilines is 2. The van der Waals surface area contributed by atoms with Gasteiger partial charge in [0.05, 0.1) is 0 Å². The van der Waals surface area contributed by atoms with Crippen LogP contribution in [0.5, 0.6) is 17.2 Å². The Hall–Kier alpha value is -6.10. The number of carbonyl (C=O) groups excluding carboxylic acids is 6. The Morgan fingerprint density at radius 1 is 0.511 bits per heavy atom. The Morgan fingerprint density at radius 2 is 1.02 bits per heavy atom. The highest BCUT2D eigenvalue weighted by atomic mass is 16.5. The zero-order valence-corrected chi connectivity index (χ0v) is 24.5. The standard InChI is InChI=1S/C34H28N2O9/c1-20(37)43-29-10-4-7-23(13-29)14-32(40)25-15-26(34(42)35-27-9-6-12-31(19-27)45-22(3)39)17-28(16-25)36-33(41)24-8-5-11-30(18-24)44-21(2)38/h4-13,15-19H,14H2,1-3H3,(H,35,42)(H,36,41). The van der Waals surface area contributed by atoms with Gasteiger partial charge in [-0.25, -0.2) is 0 Å². The molecule has 0 saturated heterocycles. The van der Waals surface area contributed by atoms with Gasteiger partial charge in [0.25, 0.3) is 11.8 Å². The first-order valence-corrected chi connectivity index (χ1v) is 13.6. The van der Waals surface area contributed by atoms with Crippen molar-refractivity contribution in [1.29, 1.82) is 0 Å². The van der Waals surface area contributed by atoms with Crippen LogP contribution in [-0.2, 0) is 20.8 Å². The van der Waals surface area contributed by atoms with Crippen LogP contribution >= 0.6 is 0 Å². The lowest BCUT2D eigenvalue weighted by molar-refractivity contribution is -0.132. The molecule has 11 heteroatoms. The molecular formula is C34H28N2O9. The quantitative estimate of drug-likeness (QED) is 0.137. The second-order valence-corrected chi connectivity index (χ2v) is 9.79. The molecule has 2 amide bonds. The summed E-state index contributed by atoms with van der Waals surface area (Å²) in [6.07, 6.45) is -0.0948. The van der Waals surface area contributed by atoms with Crippen molar-refractivity contribution in [2.75, 3.05) is 10.6 Å². The zero-order valence-electron chi connectivity index (χ0n) is 24.5. The molecule has 2 N–H and O–H groups in total. The molecule has 0 radical (unpaired) electrons. The van der Waals surface area contributed by atoms with Gasteiger partial charge < -0.3 is 24.8 Å². The molecule has 0 aromatic heterocycles. The number of esters is 3. The molecule has 45 heavy (non-hydrogen) atoms. The van der Waals surface area contributed by atoms with E-state index in [2.05, 4.69) is 10.6 Å². The number of amides is 2. The van der Waals surface area contributed by atoms with Crippen molar-refractivity contribution in [3.05, 3.63) is 113 Å². The average molecular weight is 609 g/mol. The SMILES string of the molecule is CC(=O)Oc1cccc(CC(=O)c2cc(NC(=O)c3cccc(OC(C)=O)c3)cc(C(=O)Nc3cccc(OC(C)=O)c3)c2)c1. The molecule has 228 valence electrons. The molecule has 0 aliphatic heterocycles. The van der Waals surface area contributed by atoms with Crippen LogP contribution in [-0.4, -0.2) is 35.5 Å². The summed E-state index contributed by atoms with van der Waals surface area (Å²) in [7, 11) is 0. The summed E-state index contributed by atoms with van der Waals surface area (Å²) in [6, 6.07) is 22.9. The molecule has 0 unspecified atom stereocenters. The fraction of sp³-hybridized carbons (Fsp3) is 0.118. The summed E-state index contributed by atoms with van der Waals surface area (Å²) in [5, 5.41) is 5.39. The summed E-state index contributed by atoms with van der Waals surface area (Å²) in [5.41, 5.74) is 1.38. The van der Waals surface area contributed by atoms with E-state index in [0.717, 1.165) is 0 Å².